The molecule has 0 spiro atoms. The van der Waals surface area contributed by atoms with Gasteiger partial charge in [0.2, 0.25) is 15.8 Å². The maximum atomic E-state index is 15.0. The highest BCUT2D eigenvalue weighted by Crippen LogP contribution is 2.29. The Bertz CT molecular complexity index is 1380. The molecule has 0 fully saturated rings. The maximum Gasteiger partial charge on any atom is 0.232 e. The Balaban J connectivity index is 1.79. The third-order valence-electron chi connectivity index (χ3n) is 4.64. The van der Waals surface area contributed by atoms with Crippen molar-refractivity contribution in [3.8, 4) is 11.3 Å². The first-order valence-corrected chi connectivity index (χ1v) is 10.9. The molecule has 3 aromatic heterocycles. The summed E-state index contributed by atoms with van der Waals surface area (Å²) in [7, 11) is -3.83. The van der Waals surface area contributed by atoms with E-state index in [0.29, 0.717) is 28.7 Å². The maximum absolute atomic E-state index is 15.0. The van der Waals surface area contributed by atoms with Crippen LogP contribution in [0.4, 0.5) is 14.5 Å². The number of anilines is 1. The minimum absolute atomic E-state index is 0.00442. The number of carbonyl (C=O) groups excluding carboxylic acids is 1. The van der Waals surface area contributed by atoms with Crippen molar-refractivity contribution < 1.29 is 22.0 Å². The topological polar surface area (TPSA) is 121 Å². The molecule has 11 heteroatoms. The van der Waals surface area contributed by atoms with E-state index in [1.165, 1.54) is 12.5 Å². The molecule has 0 radical (unpaired) electrons. The van der Waals surface area contributed by atoms with E-state index in [1.54, 1.807) is 25.4 Å². The van der Waals surface area contributed by atoms with Crippen molar-refractivity contribution in [1.29, 1.82) is 0 Å². The molecule has 0 aliphatic carbocycles. The number of H-pyrrole nitrogens is 2. The second kappa shape index (κ2) is 7.91. The number of nitrogens with one attached hydrogen (secondary N) is 3. The number of carbonyl (C=O) groups is 1. The third kappa shape index (κ3) is 3.91. The fraction of sp³-hybridized carbons (Fsp3) is 0.150. The normalized spacial score (nSPS) is 11.7. The molecule has 3 N–H and O–H groups in total. The minimum Gasteiger partial charge on any atom is -0.345 e. The van der Waals surface area contributed by atoms with E-state index in [-0.39, 0.29) is 11.3 Å². The van der Waals surface area contributed by atoms with Crippen LogP contribution < -0.4 is 4.72 Å². The summed E-state index contributed by atoms with van der Waals surface area (Å²) in [4.78, 5) is 27.0. The molecule has 0 atom stereocenters. The fourth-order valence-corrected chi connectivity index (χ4v) is 4.35. The molecule has 160 valence electrons. The second-order valence-corrected chi connectivity index (χ2v) is 8.66. The Morgan fingerprint density at radius 1 is 1.19 bits per heavy atom. The van der Waals surface area contributed by atoms with Crippen LogP contribution in [0.15, 0.2) is 43.1 Å². The van der Waals surface area contributed by atoms with Gasteiger partial charge in [0, 0.05) is 28.9 Å². The van der Waals surface area contributed by atoms with Gasteiger partial charge in [-0.3, -0.25) is 9.52 Å². The Kier molecular flexibility index (Phi) is 5.27. The molecule has 31 heavy (non-hydrogen) atoms. The average Bonchev–Trinajstić information content (AvgIpc) is 3.39. The number of hydrogen-bond donors (Lipinski definition) is 3. The van der Waals surface area contributed by atoms with Crippen molar-refractivity contribution in [2.75, 3.05) is 10.5 Å². The summed E-state index contributed by atoms with van der Waals surface area (Å²) in [6.07, 6.45) is 6.24. The average molecular weight is 445 g/mol. The Morgan fingerprint density at radius 2 is 2.00 bits per heavy atom. The van der Waals surface area contributed by atoms with Crippen molar-refractivity contribution in [1.82, 2.24) is 19.9 Å². The van der Waals surface area contributed by atoms with E-state index < -0.39 is 38.7 Å². The van der Waals surface area contributed by atoms with Crippen LogP contribution in [0.5, 0.6) is 0 Å². The summed E-state index contributed by atoms with van der Waals surface area (Å²) >= 11 is 0. The monoisotopic (exact) mass is 445 g/mol. The van der Waals surface area contributed by atoms with Crippen LogP contribution in [-0.4, -0.2) is 39.9 Å². The Morgan fingerprint density at radius 3 is 2.71 bits per heavy atom. The van der Waals surface area contributed by atoms with Crippen LogP contribution >= 0.6 is 0 Å². The summed E-state index contributed by atoms with van der Waals surface area (Å²) in [5.41, 5.74) is 0.278. The smallest absolute Gasteiger partial charge is 0.232 e. The number of halogens is 2. The van der Waals surface area contributed by atoms with Crippen molar-refractivity contribution in [2.24, 2.45) is 0 Å². The number of sulfonamides is 1. The van der Waals surface area contributed by atoms with Gasteiger partial charge < -0.3 is 9.97 Å². The first kappa shape index (κ1) is 20.7. The van der Waals surface area contributed by atoms with Crippen molar-refractivity contribution >= 4 is 32.5 Å². The molecular formula is C20H17F2N5O3S. The Hall–Kier alpha value is -3.60. The molecule has 0 aliphatic heterocycles. The van der Waals surface area contributed by atoms with E-state index in [2.05, 4.69) is 24.7 Å². The number of fused-ring (bicyclic) bond motifs is 1. The van der Waals surface area contributed by atoms with E-state index in [0.717, 1.165) is 12.1 Å². The van der Waals surface area contributed by atoms with Gasteiger partial charge >= 0.3 is 0 Å². The van der Waals surface area contributed by atoms with Gasteiger partial charge in [0.05, 0.1) is 35.2 Å². The van der Waals surface area contributed by atoms with Gasteiger partial charge in [0.25, 0.3) is 0 Å². The molecule has 0 saturated carbocycles. The van der Waals surface area contributed by atoms with E-state index in [4.69, 9.17) is 0 Å². The predicted molar refractivity (Wildman–Crippen MR) is 111 cm³/mol. The molecular weight excluding hydrogens is 428 g/mol. The summed E-state index contributed by atoms with van der Waals surface area (Å²) < 4.78 is 55.6. The van der Waals surface area contributed by atoms with Crippen LogP contribution in [0.2, 0.25) is 0 Å². The number of hydrogen-bond acceptors (Lipinski definition) is 5. The molecule has 0 amide bonds. The summed E-state index contributed by atoms with van der Waals surface area (Å²) in [5.74, 6) is -3.57. The van der Waals surface area contributed by atoms with Gasteiger partial charge in [-0.25, -0.2) is 27.2 Å². The van der Waals surface area contributed by atoms with Gasteiger partial charge in [-0.05, 0) is 24.6 Å². The van der Waals surface area contributed by atoms with Crippen molar-refractivity contribution in [3.63, 3.8) is 0 Å². The van der Waals surface area contributed by atoms with Gasteiger partial charge in [0.15, 0.2) is 5.82 Å². The lowest BCUT2D eigenvalue weighted by Gasteiger charge is -2.11. The third-order valence-corrected chi connectivity index (χ3v) is 6.12. The molecule has 8 nitrogen and oxygen atoms in total. The SMILES string of the molecule is CCCS(=O)(=O)Nc1ccc(F)c(C(=O)c2c[nH]c3ncc(-c4cnc[nH]4)cc23)c1F. The summed E-state index contributed by atoms with van der Waals surface area (Å²) in [6, 6.07) is 3.44. The number of ketones is 1. The van der Waals surface area contributed by atoms with Crippen LogP contribution in [0.3, 0.4) is 0 Å². The van der Waals surface area contributed by atoms with Crippen molar-refractivity contribution in [2.45, 2.75) is 13.3 Å². The zero-order valence-corrected chi connectivity index (χ0v) is 17.1. The van der Waals surface area contributed by atoms with Gasteiger partial charge in [-0.2, -0.15) is 0 Å². The first-order chi connectivity index (χ1) is 14.8. The van der Waals surface area contributed by atoms with E-state index in [1.807, 2.05) is 0 Å². The fourth-order valence-electron chi connectivity index (χ4n) is 3.21. The predicted octanol–water partition coefficient (Wildman–Crippen LogP) is 3.61. The molecule has 1 aromatic carbocycles. The molecule has 0 bridgehead atoms. The number of rotatable bonds is 7. The van der Waals surface area contributed by atoms with Crippen LogP contribution in [0.1, 0.15) is 29.3 Å². The highest BCUT2D eigenvalue weighted by atomic mass is 32.2. The highest BCUT2D eigenvalue weighted by molar-refractivity contribution is 7.92. The lowest BCUT2D eigenvalue weighted by atomic mass is 10.0. The van der Waals surface area contributed by atoms with Gasteiger partial charge in [0.1, 0.15) is 11.5 Å². The number of nitrogens with zero attached hydrogens (tertiary/aromatic N) is 2. The number of aromatic nitrogens is 4. The number of pyridine rings is 1. The van der Waals surface area contributed by atoms with Crippen LogP contribution in [0, 0.1) is 11.6 Å². The van der Waals surface area contributed by atoms with Gasteiger partial charge in [-0.1, -0.05) is 6.92 Å². The molecule has 0 aliphatic rings. The largest absolute Gasteiger partial charge is 0.345 e. The number of imidazole rings is 1. The lowest BCUT2D eigenvalue weighted by Crippen LogP contribution is -2.18. The van der Waals surface area contributed by atoms with E-state index >= 15 is 4.39 Å². The van der Waals surface area contributed by atoms with Crippen LogP contribution in [0.25, 0.3) is 22.3 Å². The first-order valence-electron chi connectivity index (χ1n) is 9.29. The number of aromatic amines is 2. The molecule has 3 heterocycles. The lowest BCUT2D eigenvalue weighted by molar-refractivity contribution is 0.103. The Labute approximate surface area is 175 Å². The molecule has 4 rings (SSSR count). The van der Waals surface area contributed by atoms with Crippen LogP contribution in [-0.2, 0) is 10.0 Å². The van der Waals surface area contributed by atoms with Gasteiger partial charge in [-0.15, -0.1) is 0 Å². The minimum atomic E-state index is -3.83. The summed E-state index contributed by atoms with van der Waals surface area (Å²) in [5, 5.41) is 0.355. The summed E-state index contributed by atoms with van der Waals surface area (Å²) in [6.45, 7) is 1.65. The quantitative estimate of drug-likeness (QED) is 0.375. The zero-order valence-electron chi connectivity index (χ0n) is 16.2. The van der Waals surface area contributed by atoms with E-state index in [9.17, 15) is 17.6 Å². The second-order valence-electron chi connectivity index (χ2n) is 6.82. The zero-order chi connectivity index (χ0) is 22.2. The van der Waals surface area contributed by atoms with Crippen molar-refractivity contribution in [3.05, 3.63) is 65.9 Å². The molecule has 0 saturated heterocycles. The molecule has 0 unspecified atom stereocenters. The molecule has 4 aromatic rings. The number of benzene rings is 1. The standard InChI is InChI=1S/C20H17F2N5O3S/c1-2-5-31(29,30)27-15-4-3-14(21)17(18(15)22)19(28)13-8-25-20-12(13)6-11(7-24-20)16-9-23-10-26-16/h3-4,6-10,27H,2,5H2,1H3,(H,23,26)(H,24,25). The highest BCUT2D eigenvalue weighted by Gasteiger charge is 2.26.